The largest absolute Gasteiger partial charge is 0.462 e. The van der Waals surface area contributed by atoms with Crippen LogP contribution in [0.3, 0.4) is 0 Å². The second kappa shape index (κ2) is 13.9. The summed E-state index contributed by atoms with van der Waals surface area (Å²) in [5, 5.41) is 1.22. The second-order valence-electron chi connectivity index (χ2n) is 10.4. The molecule has 0 aliphatic rings. The van der Waals surface area contributed by atoms with Crippen LogP contribution in [0.1, 0.15) is 73.1 Å². The molecule has 0 atom stereocenters. The predicted octanol–water partition coefficient (Wildman–Crippen LogP) is 8.81. The molecule has 0 spiro atoms. The average Bonchev–Trinajstić information content (AvgIpc) is 3.03. The number of nitrogens with zero attached hydrogens (tertiary/aromatic N) is 2. The molecule has 0 radical (unpaired) electrons. The van der Waals surface area contributed by atoms with Crippen molar-refractivity contribution < 1.29 is 19.1 Å². The van der Waals surface area contributed by atoms with Crippen molar-refractivity contribution in [3.63, 3.8) is 0 Å². The van der Waals surface area contributed by atoms with Gasteiger partial charge in [-0.1, -0.05) is 100 Å². The van der Waals surface area contributed by atoms with E-state index >= 15 is 0 Å². The summed E-state index contributed by atoms with van der Waals surface area (Å²) in [7, 11) is 0. The number of hydrogen-bond donors (Lipinski definition) is 0. The van der Waals surface area contributed by atoms with Crippen LogP contribution in [0.5, 0.6) is 0 Å². The molecule has 0 N–H and O–H groups in total. The van der Waals surface area contributed by atoms with Gasteiger partial charge in [-0.2, -0.15) is 0 Å². The second-order valence-corrected chi connectivity index (χ2v) is 10.4. The van der Waals surface area contributed by atoms with E-state index in [1.165, 1.54) is 0 Å². The Bertz CT molecular complexity index is 1560. The van der Waals surface area contributed by atoms with Gasteiger partial charge in [0.05, 0.1) is 46.8 Å². The first kappa shape index (κ1) is 28.9. The number of esters is 2. The first-order valence-electron chi connectivity index (χ1n) is 14.8. The van der Waals surface area contributed by atoms with E-state index < -0.39 is 11.9 Å². The Labute approximate surface area is 246 Å². The monoisotopic (exact) mass is 560 g/mol. The number of pyridine rings is 2. The zero-order chi connectivity index (χ0) is 29.3. The minimum atomic E-state index is -0.410. The molecule has 0 bridgehead atoms. The number of rotatable bonds is 12. The van der Waals surface area contributed by atoms with Gasteiger partial charge in [0.1, 0.15) is 0 Å². The molecule has 2 heterocycles. The van der Waals surface area contributed by atoms with E-state index in [1.807, 2.05) is 72.8 Å². The minimum absolute atomic E-state index is 0.349. The van der Waals surface area contributed by atoms with Gasteiger partial charge in [0, 0.05) is 21.9 Å². The minimum Gasteiger partial charge on any atom is -0.462 e. The highest BCUT2D eigenvalue weighted by atomic mass is 16.5. The van der Waals surface area contributed by atoms with Crippen molar-refractivity contribution in [3.05, 3.63) is 96.1 Å². The molecule has 42 heavy (non-hydrogen) atoms. The lowest BCUT2D eigenvalue weighted by atomic mass is 9.99. The van der Waals surface area contributed by atoms with Crippen LogP contribution in [-0.4, -0.2) is 35.1 Å². The molecule has 0 aliphatic carbocycles. The van der Waals surface area contributed by atoms with Crippen LogP contribution in [0, 0.1) is 0 Å². The molecule has 0 unspecified atom stereocenters. The van der Waals surface area contributed by atoms with Crippen LogP contribution in [0.25, 0.3) is 44.3 Å². The van der Waals surface area contributed by atoms with Gasteiger partial charge in [-0.05, 0) is 37.1 Å². The topological polar surface area (TPSA) is 78.4 Å². The summed E-state index contributed by atoms with van der Waals surface area (Å²) in [5.74, 6) is -0.819. The Morgan fingerprint density at radius 3 is 1.40 bits per heavy atom. The van der Waals surface area contributed by atoms with Gasteiger partial charge in [-0.3, -0.25) is 0 Å². The lowest BCUT2D eigenvalue weighted by Gasteiger charge is -2.14. The lowest BCUT2D eigenvalue weighted by molar-refractivity contribution is 0.0491. The van der Waals surface area contributed by atoms with Crippen molar-refractivity contribution in [2.24, 2.45) is 0 Å². The highest BCUT2D eigenvalue weighted by Crippen LogP contribution is 2.32. The van der Waals surface area contributed by atoms with Gasteiger partial charge in [-0.25, -0.2) is 19.6 Å². The fourth-order valence-corrected chi connectivity index (χ4v) is 4.99. The van der Waals surface area contributed by atoms with E-state index in [4.69, 9.17) is 19.4 Å². The maximum atomic E-state index is 13.4. The van der Waals surface area contributed by atoms with E-state index in [0.29, 0.717) is 57.5 Å². The number of hydrogen-bond acceptors (Lipinski definition) is 6. The van der Waals surface area contributed by atoms with Gasteiger partial charge < -0.3 is 9.47 Å². The Kier molecular flexibility index (Phi) is 9.55. The van der Waals surface area contributed by atoms with Crippen LogP contribution >= 0.6 is 0 Å². The molecule has 0 aliphatic heterocycles. The quantitative estimate of drug-likeness (QED) is 0.0862. The molecule has 0 fully saturated rings. The third kappa shape index (κ3) is 6.65. The van der Waals surface area contributed by atoms with Crippen molar-refractivity contribution in [2.75, 3.05) is 13.2 Å². The number of benzene rings is 3. The van der Waals surface area contributed by atoms with Crippen molar-refractivity contribution in [2.45, 2.75) is 52.4 Å². The summed E-state index contributed by atoms with van der Waals surface area (Å²) in [6.07, 6.45) is 5.66. The summed E-state index contributed by atoms with van der Waals surface area (Å²) in [6, 6.07) is 26.7. The Morgan fingerprint density at radius 1 is 0.571 bits per heavy atom. The van der Waals surface area contributed by atoms with E-state index in [9.17, 15) is 9.59 Å². The van der Waals surface area contributed by atoms with Crippen molar-refractivity contribution in [3.8, 4) is 22.5 Å². The van der Waals surface area contributed by atoms with Crippen LogP contribution in [-0.2, 0) is 9.47 Å². The van der Waals surface area contributed by atoms with Gasteiger partial charge in [0.25, 0.3) is 0 Å². The average molecular weight is 561 g/mol. The molecule has 2 aromatic heterocycles. The van der Waals surface area contributed by atoms with Crippen molar-refractivity contribution >= 4 is 33.7 Å². The van der Waals surface area contributed by atoms with E-state index in [1.54, 1.807) is 12.1 Å². The van der Waals surface area contributed by atoms with Gasteiger partial charge in [0.15, 0.2) is 0 Å². The maximum Gasteiger partial charge on any atom is 0.338 e. The van der Waals surface area contributed by atoms with Gasteiger partial charge in [-0.15, -0.1) is 0 Å². The zero-order valence-corrected chi connectivity index (χ0v) is 24.3. The maximum absolute atomic E-state index is 13.4. The number of fused-ring (bicyclic) bond motifs is 2. The van der Waals surface area contributed by atoms with Gasteiger partial charge >= 0.3 is 11.9 Å². The smallest absolute Gasteiger partial charge is 0.338 e. The van der Waals surface area contributed by atoms with Crippen LogP contribution in [0.4, 0.5) is 0 Å². The molecule has 6 heteroatoms. The van der Waals surface area contributed by atoms with Crippen LogP contribution in [0.15, 0.2) is 84.9 Å². The fraction of sp³-hybridized carbons (Fsp3) is 0.278. The third-order valence-corrected chi connectivity index (χ3v) is 7.28. The van der Waals surface area contributed by atoms with Crippen molar-refractivity contribution in [1.82, 2.24) is 9.97 Å². The Balaban J connectivity index is 1.68. The third-order valence-electron chi connectivity index (χ3n) is 7.28. The molecule has 3 aromatic carbocycles. The van der Waals surface area contributed by atoms with E-state index in [0.717, 1.165) is 49.7 Å². The molecule has 0 saturated carbocycles. The number of carbonyl (C=O) groups is 2. The van der Waals surface area contributed by atoms with Gasteiger partial charge in [0.2, 0.25) is 0 Å². The SMILES string of the molecule is CCCCCOC(=O)c1cc(-c2ccccc2)nc2cc3nc(-c4ccccc4)cc(C(=O)OCCCCC)c3cc12. The molecular formula is C36H36N2O4. The zero-order valence-electron chi connectivity index (χ0n) is 24.3. The predicted molar refractivity (Wildman–Crippen MR) is 168 cm³/mol. The molecular weight excluding hydrogens is 524 g/mol. The summed E-state index contributed by atoms with van der Waals surface area (Å²) in [5.41, 5.74) is 5.13. The highest BCUT2D eigenvalue weighted by molar-refractivity contribution is 6.12. The normalized spacial score (nSPS) is 11.1. The summed E-state index contributed by atoms with van der Waals surface area (Å²) in [4.78, 5) is 36.8. The van der Waals surface area contributed by atoms with E-state index in [-0.39, 0.29) is 0 Å². The highest BCUT2D eigenvalue weighted by Gasteiger charge is 2.21. The summed E-state index contributed by atoms with van der Waals surface area (Å²) < 4.78 is 11.4. The van der Waals surface area contributed by atoms with Crippen molar-refractivity contribution in [1.29, 1.82) is 0 Å². The van der Waals surface area contributed by atoms with Crippen LogP contribution < -0.4 is 0 Å². The molecule has 6 nitrogen and oxygen atoms in total. The first-order valence-corrected chi connectivity index (χ1v) is 14.8. The number of carbonyl (C=O) groups excluding carboxylic acids is 2. The van der Waals surface area contributed by atoms with E-state index in [2.05, 4.69) is 13.8 Å². The number of unbranched alkanes of at least 4 members (excludes halogenated alkanes) is 4. The Morgan fingerprint density at radius 2 is 1.00 bits per heavy atom. The van der Waals surface area contributed by atoms with Crippen LogP contribution in [0.2, 0.25) is 0 Å². The first-order chi connectivity index (χ1) is 20.6. The number of aromatic nitrogens is 2. The number of ether oxygens (including phenoxy) is 2. The lowest BCUT2D eigenvalue weighted by Crippen LogP contribution is -2.10. The Hall–Kier alpha value is -4.58. The summed E-state index contributed by atoms with van der Waals surface area (Å²) >= 11 is 0. The molecule has 5 rings (SSSR count). The standard InChI is InChI=1S/C36H36N2O4/c1-3-5-13-19-41-35(39)29-22-31(25-15-9-7-10-16-25)37-33-24-34-28(21-27(29)33)30(36(40)42-20-14-6-4-2)23-32(38-34)26-17-11-8-12-18-26/h7-12,15-18,21-24H,3-6,13-14,19-20H2,1-2H3. The molecule has 5 aromatic rings. The summed E-state index contributed by atoms with van der Waals surface area (Å²) in [6.45, 7) is 4.92. The molecule has 0 amide bonds. The molecule has 214 valence electrons. The molecule has 0 saturated heterocycles. The fourth-order valence-electron chi connectivity index (χ4n) is 4.99.